The third-order valence-electron chi connectivity index (χ3n) is 4.46. The minimum absolute atomic E-state index is 0.0921. The Balaban J connectivity index is 1.45. The van der Waals surface area contributed by atoms with Crippen LogP contribution >= 0.6 is 0 Å². The van der Waals surface area contributed by atoms with Gasteiger partial charge in [0.25, 0.3) is 0 Å². The summed E-state index contributed by atoms with van der Waals surface area (Å²) in [4.78, 5) is 10.7. The van der Waals surface area contributed by atoms with Gasteiger partial charge in [0.05, 0.1) is 23.5 Å². The molecule has 3 heterocycles. The predicted molar refractivity (Wildman–Crippen MR) is 88.9 cm³/mol. The van der Waals surface area contributed by atoms with Gasteiger partial charge in [-0.05, 0) is 31.4 Å². The molecule has 1 fully saturated rings. The summed E-state index contributed by atoms with van der Waals surface area (Å²) < 4.78 is 28.6. The molecule has 2 aromatic rings. The van der Waals surface area contributed by atoms with Crippen LogP contribution in [0.5, 0.6) is 0 Å². The molecule has 9 heteroatoms. The van der Waals surface area contributed by atoms with E-state index >= 15 is 0 Å². The van der Waals surface area contributed by atoms with Gasteiger partial charge in [-0.2, -0.15) is 5.10 Å². The summed E-state index contributed by atoms with van der Waals surface area (Å²) in [6.45, 7) is 1.84. The van der Waals surface area contributed by atoms with Crippen molar-refractivity contribution < 1.29 is 8.42 Å². The van der Waals surface area contributed by atoms with Gasteiger partial charge in [0.15, 0.2) is 0 Å². The van der Waals surface area contributed by atoms with Crippen molar-refractivity contribution in [2.75, 3.05) is 18.0 Å². The Morgan fingerprint density at radius 3 is 2.75 bits per heavy atom. The van der Waals surface area contributed by atoms with Crippen LogP contribution in [0.15, 0.2) is 30.7 Å². The van der Waals surface area contributed by atoms with Gasteiger partial charge >= 0.3 is 0 Å². The molecule has 1 saturated carbocycles. The van der Waals surface area contributed by atoms with Gasteiger partial charge in [-0.3, -0.25) is 4.68 Å². The highest BCUT2D eigenvalue weighted by Crippen LogP contribution is 2.28. The fourth-order valence-electron chi connectivity index (χ4n) is 3.07. The Hall–Kier alpha value is -2.00. The molecule has 0 spiro atoms. The van der Waals surface area contributed by atoms with Crippen molar-refractivity contribution in [1.82, 2.24) is 24.5 Å². The van der Waals surface area contributed by atoms with Gasteiger partial charge in [-0.1, -0.05) is 0 Å². The van der Waals surface area contributed by atoms with Crippen molar-refractivity contribution in [2.24, 2.45) is 0 Å². The normalized spacial score (nSPS) is 20.8. The quantitative estimate of drug-likeness (QED) is 0.826. The minimum Gasteiger partial charge on any atom is -0.333 e. The SMILES string of the molecule is O=S(=O)(NCC[C@@H]1CN(c2ncccn2)Cc2ccnn21)C1CC1. The molecule has 1 N–H and O–H groups in total. The first-order chi connectivity index (χ1) is 11.6. The van der Waals surface area contributed by atoms with Crippen LogP contribution in [0.2, 0.25) is 0 Å². The molecule has 0 amide bonds. The maximum absolute atomic E-state index is 12.0. The lowest BCUT2D eigenvalue weighted by Crippen LogP contribution is -2.40. The monoisotopic (exact) mass is 348 g/mol. The van der Waals surface area contributed by atoms with E-state index in [-0.39, 0.29) is 11.3 Å². The van der Waals surface area contributed by atoms with E-state index in [2.05, 4.69) is 24.7 Å². The molecule has 128 valence electrons. The first-order valence-corrected chi connectivity index (χ1v) is 9.71. The number of aromatic nitrogens is 4. The second kappa shape index (κ2) is 6.14. The smallest absolute Gasteiger partial charge is 0.225 e. The van der Waals surface area contributed by atoms with Gasteiger partial charge < -0.3 is 4.90 Å². The van der Waals surface area contributed by atoms with Crippen molar-refractivity contribution in [1.29, 1.82) is 0 Å². The van der Waals surface area contributed by atoms with Crippen LogP contribution in [0.25, 0.3) is 0 Å². The van der Waals surface area contributed by atoms with Gasteiger partial charge in [-0.25, -0.2) is 23.1 Å². The van der Waals surface area contributed by atoms with Crippen LogP contribution in [0, 0.1) is 0 Å². The molecule has 1 aliphatic heterocycles. The molecule has 0 aromatic carbocycles. The van der Waals surface area contributed by atoms with E-state index < -0.39 is 10.0 Å². The number of nitrogens with zero attached hydrogens (tertiary/aromatic N) is 5. The number of sulfonamides is 1. The van der Waals surface area contributed by atoms with E-state index in [1.54, 1.807) is 24.7 Å². The van der Waals surface area contributed by atoms with Crippen molar-refractivity contribution in [3.8, 4) is 0 Å². The average molecular weight is 348 g/mol. The van der Waals surface area contributed by atoms with E-state index in [1.807, 2.05) is 10.7 Å². The molecule has 0 unspecified atom stereocenters. The average Bonchev–Trinajstić information content (AvgIpc) is 3.35. The predicted octanol–water partition coefficient (Wildman–Crippen LogP) is 0.706. The third-order valence-corrected chi connectivity index (χ3v) is 6.42. The van der Waals surface area contributed by atoms with Crippen LogP contribution in [-0.2, 0) is 16.6 Å². The number of anilines is 1. The molecule has 2 aromatic heterocycles. The summed E-state index contributed by atoms with van der Waals surface area (Å²) in [6.07, 6.45) is 7.48. The Bertz CT molecular complexity index is 802. The van der Waals surface area contributed by atoms with E-state index in [1.165, 1.54) is 0 Å². The largest absolute Gasteiger partial charge is 0.333 e. The van der Waals surface area contributed by atoms with Crippen LogP contribution in [0.3, 0.4) is 0 Å². The lowest BCUT2D eigenvalue weighted by molar-refractivity contribution is 0.374. The standard InChI is InChI=1S/C15H20N6O2S/c22-24(23,14-2-3-14)19-9-5-13-11-20(15-16-6-1-7-17-15)10-12-4-8-18-21(12)13/h1,4,6-8,13-14,19H,2-3,5,9-11H2/t13-/m1/s1. The number of hydrogen-bond acceptors (Lipinski definition) is 6. The summed E-state index contributed by atoms with van der Waals surface area (Å²) >= 11 is 0. The highest BCUT2D eigenvalue weighted by molar-refractivity contribution is 7.90. The van der Waals surface area contributed by atoms with Crippen LogP contribution < -0.4 is 9.62 Å². The molecule has 0 saturated heterocycles. The Morgan fingerprint density at radius 2 is 2.00 bits per heavy atom. The van der Waals surface area contributed by atoms with Gasteiger partial charge in [0.1, 0.15) is 0 Å². The highest BCUT2D eigenvalue weighted by Gasteiger charge is 2.35. The Morgan fingerprint density at radius 1 is 1.21 bits per heavy atom. The number of fused-ring (bicyclic) bond motifs is 1. The fraction of sp³-hybridized carbons (Fsp3) is 0.533. The minimum atomic E-state index is -3.14. The summed E-state index contributed by atoms with van der Waals surface area (Å²) in [5.41, 5.74) is 1.09. The molecule has 1 aliphatic carbocycles. The second-order valence-corrected chi connectivity index (χ2v) is 8.32. The second-order valence-electron chi connectivity index (χ2n) is 6.28. The van der Waals surface area contributed by atoms with E-state index in [4.69, 9.17) is 0 Å². The maximum atomic E-state index is 12.0. The van der Waals surface area contributed by atoms with Crippen LogP contribution in [0.4, 0.5) is 5.95 Å². The summed E-state index contributed by atoms with van der Waals surface area (Å²) in [5, 5.41) is 4.22. The number of hydrogen-bond donors (Lipinski definition) is 1. The van der Waals surface area contributed by atoms with Gasteiger partial charge in [0.2, 0.25) is 16.0 Å². The van der Waals surface area contributed by atoms with Gasteiger partial charge in [-0.15, -0.1) is 0 Å². The molecule has 24 heavy (non-hydrogen) atoms. The molecule has 1 atom stereocenters. The first kappa shape index (κ1) is 15.5. The Labute approximate surface area is 141 Å². The topological polar surface area (TPSA) is 93.0 Å². The maximum Gasteiger partial charge on any atom is 0.225 e. The van der Waals surface area contributed by atoms with Crippen molar-refractivity contribution in [2.45, 2.75) is 37.1 Å². The highest BCUT2D eigenvalue weighted by atomic mass is 32.2. The van der Waals surface area contributed by atoms with E-state index in [9.17, 15) is 8.42 Å². The molecule has 0 radical (unpaired) electrons. The van der Waals surface area contributed by atoms with Crippen LogP contribution in [0.1, 0.15) is 31.0 Å². The number of rotatable bonds is 6. The van der Waals surface area contributed by atoms with E-state index in [0.717, 1.165) is 18.5 Å². The molecule has 2 aliphatic rings. The molecule has 0 bridgehead atoms. The summed E-state index contributed by atoms with van der Waals surface area (Å²) in [7, 11) is -3.14. The lowest BCUT2D eigenvalue weighted by Gasteiger charge is -2.33. The zero-order valence-corrected chi connectivity index (χ0v) is 14.1. The molecule has 4 rings (SSSR count). The number of nitrogens with one attached hydrogen (secondary N) is 1. The molecule has 8 nitrogen and oxygen atoms in total. The van der Waals surface area contributed by atoms with E-state index in [0.29, 0.717) is 32.0 Å². The zero-order chi connectivity index (χ0) is 16.6. The lowest BCUT2D eigenvalue weighted by atomic mass is 10.1. The van der Waals surface area contributed by atoms with Gasteiger partial charge in [0, 0.05) is 31.7 Å². The molecular formula is C15H20N6O2S. The summed E-state index contributed by atoms with van der Waals surface area (Å²) in [5.74, 6) is 0.688. The first-order valence-electron chi connectivity index (χ1n) is 8.16. The molecular weight excluding hydrogens is 328 g/mol. The van der Waals surface area contributed by atoms with Crippen LogP contribution in [-0.4, -0.2) is 46.5 Å². The third kappa shape index (κ3) is 3.13. The van der Waals surface area contributed by atoms with Crippen molar-refractivity contribution in [3.63, 3.8) is 0 Å². The zero-order valence-electron chi connectivity index (χ0n) is 13.2. The van der Waals surface area contributed by atoms with Crippen molar-refractivity contribution in [3.05, 3.63) is 36.4 Å². The fourth-order valence-corrected chi connectivity index (χ4v) is 4.47. The van der Waals surface area contributed by atoms with Crippen molar-refractivity contribution >= 4 is 16.0 Å². The summed E-state index contributed by atoms with van der Waals surface area (Å²) in [6, 6.07) is 3.87. The Kier molecular flexibility index (Phi) is 3.97.